The maximum atomic E-state index is 5.89. The molecule has 2 atom stereocenters. The van der Waals surface area contributed by atoms with Crippen molar-refractivity contribution in [2.24, 2.45) is 5.73 Å². The van der Waals surface area contributed by atoms with Gasteiger partial charge in [-0.2, -0.15) is 0 Å². The van der Waals surface area contributed by atoms with Crippen LogP contribution in [0.3, 0.4) is 0 Å². The molecule has 0 radical (unpaired) electrons. The largest absolute Gasteiger partial charge is 0.326 e. The van der Waals surface area contributed by atoms with Gasteiger partial charge in [-0.05, 0) is 22.8 Å². The van der Waals surface area contributed by atoms with Crippen molar-refractivity contribution in [1.82, 2.24) is 10.6 Å². The fourth-order valence-electron chi connectivity index (χ4n) is 2.83. The molecule has 0 aliphatic carbocycles. The first-order valence-corrected chi connectivity index (χ1v) is 6.99. The van der Waals surface area contributed by atoms with E-state index in [1.807, 2.05) is 0 Å². The number of nitrogens with one attached hydrogen (secondary N) is 2. The summed E-state index contributed by atoms with van der Waals surface area (Å²) in [4.78, 5) is 0. The fourth-order valence-corrected chi connectivity index (χ4v) is 2.83. The highest BCUT2D eigenvalue weighted by Crippen LogP contribution is 2.18. The molecule has 1 heterocycles. The van der Waals surface area contributed by atoms with E-state index in [2.05, 4.69) is 53.1 Å². The number of fused-ring (bicyclic) bond motifs is 1. The van der Waals surface area contributed by atoms with Crippen molar-refractivity contribution in [2.45, 2.75) is 25.0 Å². The summed E-state index contributed by atoms with van der Waals surface area (Å²) in [7, 11) is 0. The van der Waals surface area contributed by atoms with Crippen LogP contribution in [0, 0.1) is 0 Å². The van der Waals surface area contributed by atoms with Crippen molar-refractivity contribution in [3.63, 3.8) is 0 Å². The highest BCUT2D eigenvalue weighted by atomic mass is 15.0. The van der Waals surface area contributed by atoms with Crippen LogP contribution in [0.1, 0.15) is 12.0 Å². The van der Waals surface area contributed by atoms with Gasteiger partial charge in [0.2, 0.25) is 0 Å². The van der Waals surface area contributed by atoms with Crippen molar-refractivity contribution in [2.75, 3.05) is 13.1 Å². The number of hydrogen-bond donors (Lipinski definition) is 3. The predicted octanol–water partition coefficient (Wildman–Crippen LogP) is 1.62. The van der Waals surface area contributed by atoms with Gasteiger partial charge in [0.05, 0.1) is 0 Å². The fraction of sp³-hybridized carbons (Fsp3) is 0.375. The van der Waals surface area contributed by atoms with Crippen molar-refractivity contribution in [3.8, 4) is 0 Å². The zero-order valence-electron chi connectivity index (χ0n) is 11.1. The van der Waals surface area contributed by atoms with E-state index in [-0.39, 0.29) is 0 Å². The molecule has 0 amide bonds. The zero-order valence-corrected chi connectivity index (χ0v) is 11.1. The van der Waals surface area contributed by atoms with E-state index in [4.69, 9.17) is 5.73 Å². The Bertz CT molecular complexity index is 547. The molecular weight excluding hydrogens is 234 g/mol. The minimum atomic E-state index is 0.323. The molecule has 2 aromatic carbocycles. The number of benzene rings is 2. The molecule has 100 valence electrons. The second kappa shape index (κ2) is 5.70. The van der Waals surface area contributed by atoms with Gasteiger partial charge in [-0.15, -0.1) is 0 Å². The van der Waals surface area contributed by atoms with Gasteiger partial charge in [0.15, 0.2) is 0 Å². The molecular formula is C16H21N3. The predicted molar refractivity (Wildman–Crippen MR) is 80.0 cm³/mol. The lowest BCUT2D eigenvalue weighted by Crippen LogP contribution is -2.33. The van der Waals surface area contributed by atoms with Gasteiger partial charge in [0, 0.05) is 31.7 Å². The summed E-state index contributed by atoms with van der Waals surface area (Å²) in [6.07, 6.45) is 1.07. The maximum Gasteiger partial charge on any atom is 0.0212 e. The van der Waals surface area contributed by atoms with Crippen molar-refractivity contribution < 1.29 is 0 Å². The molecule has 1 aliphatic rings. The van der Waals surface area contributed by atoms with Crippen LogP contribution < -0.4 is 16.4 Å². The van der Waals surface area contributed by atoms with Crippen molar-refractivity contribution >= 4 is 10.8 Å². The van der Waals surface area contributed by atoms with Gasteiger partial charge < -0.3 is 16.4 Å². The summed E-state index contributed by atoms with van der Waals surface area (Å²) in [6.45, 7) is 2.84. The highest BCUT2D eigenvalue weighted by molar-refractivity contribution is 5.85. The van der Waals surface area contributed by atoms with Gasteiger partial charge >= 0.3 is 0 Å². The van der Waals surface area contributed by atoms with E-state index >= 15 is 0 Å². The maximum absolute atomic E-state index is 5.89. The third-order valence-corrected chi connectivity index (χ3v) is 3.84. The van der Waals surface area contributed by atoms with Crippen molar-refractivity contribution in [1.29, 1.82) is 0 Å². The quantitative estimate of drug-likeness (QED) is 0.778. The summed E-state index contributed by atoms with van der Waals surface area (Å²) in [5.74, 6) is 0. The molecule has 3 nitrogen and oxygen atoms in total. The Labute approximate surface area is 114 Å². The third kappa shape index (κ3) is 2.95. The monoisotopic (exact) mass is 255 g/mol. The van der Waals surface area contributed by atoms with Crippen LogP contribution in [0.5, 0.6) is 0 Å². The first-order chi connectivity index (χ1) is 9.33. The molecule has 1 aliphatic heterocycles. The Kier molecular flexibility index (Phi) is 3.78. The van der Waals surface area contributed by atoms with Crippen LogP contribution in [0.25, 0.3) is 10.8 Å². The van der Waals surface area contributed by atoms with Crippen LogP contribution in [-0.4, -0.2) is 25.2 Å². The average Bonchev–Trinajstić information content (AvgIpc) is 2.85. The third-order valence-electron chi connectivity index (χ3n) is 3.84. The molecule has 2 unspecified atom stereocenters. The van der Waals surface area contributed by atoms with E-state index in [1.54, 1.807) is 0 Å². The molecule has 0 spiro atoms. The van der Waals surface area contributed by atoms with Gasteiger partial charge in [-0.3, -0.25) is 0 Å². The van der Waals surface area contributed by atoms with E-state index in [0.29, 0.717) is 12.1 Å². The topological polar surface area (TPSA) is 50.1 Å². The molecule has 2 aromatic rings. The molecule has 0 saturated carbocycles. The first-order valence-electron chi connectivity index (χ1n) is 6.99. The van der Waals surface area contributed by atoms with Crippen LogP contribution in [-0.2, 0) is 6.54 Å². The molecule has 19 heavy (non-hydrogen) atoms. The molecule has 3 rings (SSSR count). The highest BCUT2D eigenvalue weighted by Gasteiger charge is 2.19. The van der Waals surface area contributed by atoms with Gasteiger partial charge in [0.1, 0.15) is 0 Å². The lowest BCUT2D eigenvalue weighted by atomic mass is 10.0. The Hall–Kier alpha value is -1.42. The first kappa shape index (κ1) is 12.6. The molecule has 0 bridgehead atoms. The second-order valence-electron chi connectivity index (χ2n) is 5.37. The number of nitrogens with two attached hydrogens (primary N) is 1. The Morgan fingerprint density at radius 3 is 2.84 bits per heavy atom. The lowest BCUT2D eigenvalue weighted by Gasteiger charge is -2.12. The SMILES string of the molecule is NC1CNC(CNCc2cccc3ccccc23)C1. The Balaban J connectivity index is 1.62. The van der Waals surface area contributed by atoms with E-state index in [9.17, 15) is 0 Å². The summed E-state index contributed by atoms with van der Waals surface area (Å²) in [6, 6.07) is 15.9. The molecule has 1 saturated heterocycles. The molecule has 1 fully saturated rings. The molecule has 0 aromatic heterocycles. The van der Waals surface area contributed by atoms with Gasteiger partial charge in [0.25, 0.3) is 0 Å². The summed E-state index contributed by atoms with van der Waals surface area (Å²) >= 11 is 0. The summed E-state index contributed by atoms with van der Waals surface area (Å²) in [5, 5.41) is 9.63. The average molecular weight is 255 g/mol. The normalized spacial score (nSPS) is 23.0. The summed E-state index contributed by atoms with van der Waals surface area (Å²) < 4.78 is 0. The van der Waals surface area contributed by atoms with Crippen LogP contribution in [0.4, 0.5) is 0 Å². The van der Waals surface area contributed by atoms with Crippen LogP contribution in [0.15, 0.2) is 42.5 Å². The molecule has 4 N–H and O–H groups in total. The smallest absolute Gasteiger partial charge is 0.0212 e. The second-order valence-corrected chi connectivity index (χ2v) is 5.37. The number of hydrogen-bond acceptors (Lipinski definition) is 3. The summed E-state index contributed by atoms with van der Waals surface area (Å²) in [5.41, 5.74) is 7.25. The minimum absolute atomic E-state index is 0.323. The van der Waals surface area contributed by atoms with Gasteiger partial charge in [-0.25, -0.2) is 0 Å². The van der Waals surface area contributed by atoms with E-state index < -0.39 is 0 Å². The van der Waals surface area contributed by atoms with Crippen LogP contribution in [0.2, 0.25) is 0 Å². The molecule has 3 heteroatoms. The lowest BCUT2D eigenvalue weighted by molar-refractivity contribution is 0.533. The number of rotatable bonds is 4. The van der Waals surface area contributed by atoms with Gasteiger partial charge in [-0.1, -0.05) is 42.5 Å². The Morgan fingerprint density at radius 2 is 2.00 bits per heavy atom. The van der Waals surface area contributed by atoms with E-state index in [1.165, 1.54) is 16.3 Å². The van der Waals surface area contributed by atoms with Crippen molar-refractivity contribution in [3.05, 3.63) is 48.0 Å². The van der Waals surface area contributed by atoms with Crippen LogP contribution >= 0.6 is 0 Å². The zero-order chi connectivity index (χ0) is 13.1. The standard InChI is InChI=1S/C16H21N3/c17-14-8-15(19-10-14)11-18-9-13-6-3-5-12-4-1-2-7-16(12)13/h1-7,14-15,18-19H,8-11,17H2. The minimum Gasteiger partial charge on any atom is -0.326 e. The Morgan fingerprint density at radius 1 is 1.16 bits per heavy atom. The van der Waals surface area contributed by atoms with E-state index in [0.717, 1.165) is 26.1 Å².